The number of rotatable bonds is 3. The number of nitrogens with zero attached hydrogens (tertiary/aromatic N) is 2. The number of hydrogen-bond donors (Lipinski definition) is 1. The van der Waals surface area contributed by atoms with E-state index in [1.165, 1.54) is 12.6 Å². The Morgan fingerprint density at radius 1 is 1.30 bits per heavy atom. The first-order valence-corrected chi connectivity index (χ1v) is 5.96. The number of carbonyl (C=O) groups is 1. The Labute approximate surface area is 114 Å². The van der Waals surface area contributed by atoms with Gasteiger partial charge >= 0.3 is 0 Å². The summed E-state index contributed by atoms with van der Waals surface area (Å²) in [7, 11) is 1.54. The van der Waals surface area contributed by atoms with Gasteiger partial charge in [-0.15, -0.1) is 0 Å². The number of carbonyl (C=O) groups excluding carboxylic acids is 1. The topological polar surface area (TPSA) is 77.2 Å². The number of fused-ring (bicyclic) bond motifs is 1. The third kappa shape index (κ3) is 2.18. The molecule has 1 aromatic carbocycles. The number of hydrogen-bond acceptors (Lipinski definition) is 5. The van der Waals surface area contributed by atoms with Gasteiger partial charge in [-0.25, -0.2) is 9.97 Å². The molecule has 0 aliphatic heterocycles. The van der Waals surface area contributed by atoms with Gasteiger partial charge < -0.3 is 14.5 Å². The summed E-state index contributed by atoms with van der Waals surface area (Å²) in [6.45, 7) is 0. The van der Waals surface area contributed by atoms with E-state index in [2.05, 4.69) is 15.3 Å². The molecule has 0 aliphatic carbocycles. The molecule has 0 bridgehead atoms. The van der Waals surface area contributed by atoms with Gasteiger partial charge in [0.05, 0.1) is 0 Å². The number of nitrogens with one attached hydrogen (secondary N) is 1. The first-order chi connectivity index (χ1) is 9.78. The summed E-state index contributed by atoms with van der Waals surface area (Å²) in [6, 6.07) is 8.63. The van der Waals surface area contributed by atoms with E-state index in [9.17, 15) is 4.79 Å². The molecule has 1 N–H and O–H groups in total. The van der Waals surface area contributed by atoms with E-state index >= 15 is 0 Å². The highest BCUT2D eigenvalue weighted by Crippen LogP contribution is 2.26. The van der Waals surface area contributed by atoms with Gasteiger partial charge in [0.15, 0.2) is 23.4 Å². The number of pyridine rings is 1. The van der Waals surface area contributed by atoms with Crippen molar-refractivity contribution in [3.63, 3.8) is 0 Å². The fourth-order valence-corrected chi connectivity index (χ4v) is 1.79. The normalized spacial score (nSPS) is 10.4. The van der Waals surface area contributed by atoms with Gasteiger partial charge in [0.1, 0.15) is 11.3 Å². The van der Waals surface area contributed by atoms with E-state index in [4.69, 9.17) is 9.15 Å². The van der Waals surface area contributed by atoms with Crippen molar-refractivity contribution in [1.29, 1.82) is 0 Å². The molecule has 0 atom stereocenters. The Kier molecular flexibility index (Phi) is 3.04. The molecule has 3 aromatic rings. The van der Waals surface area contributed by atoms with Gasteiger partial charge in [0.25, 0.3) is 5.91 Å². The molecule has 3 rings (SSSR count). The summed E-state index contributed by atoms with van der Waals surface area (Å²) in [5, 5.41) is 2.52. The highest BCUT2D eigenvalue weighted by molar-refractivity contribution is 5.94. The second-order valence-electron chi connectivity index (χ2n) is 4.01. The molecule has 0 unspecified atom stereocenters. The second kappa shape index (κ2) is 5.00. The summed E-state index contributed by atoms with van der Waals surface area (Å²) >= 11 is 0. The Hall–Kier alpha value is -2.89. The van der Waals surface area contributed by atoms with Crippen LogP contribution in [0, 0.1) is 0 Å². The first-order valence-electron chi connectivity index (χ1n) is 5.96. The van der Waals surface area contributed by atoms with Crippen LogP contribution >= 0.6 is 0 Å². The Balaban J connectivity index is 1.96. The Bertz CT molecular complexity index is 767. The van der Waals surface area contributed by atoms with Crippen molar-refractivity contribution in [2.45, 2.75) is 0 Å². The lowest BCUT2D eigenvalue weighted by molar-refractivity contribution is 0.0955. The molecule has 0 saturated carbocycles. The average molecular weight is 269 g/mol. The molecule has 0 radical (unpaired) electrons. The van der Waals surface area contributed by atoms with E-state index in [1.807, 2.05) is 0 Å². The van der Waals surface area contributed by atoms with Crippen LogP contribution in [-0.2, 0) is 0 Å². The third-order valence-electron chi connectivity index (χ3n) is 2.74. The van der Waals surface area contributed by atoms with E-state index in [0.29, 0.717) is 17.1 Å². The van der Waals surface area contributed by atoms with Crippen LogP contribution in [-0.4, -0.2) is 22.9 Å². The van der Waals surface area contributed by atoms with Crippen molar-refractivity contribution in [1.82, 2.24) is 15.3 Å². The van der Waals surface area contributed by atoms with Gasteiger partial charge in [-0.05, 0) is 24.3 Å². The van der Waals surface area contributed by atoms with Gasteiger partial charge in [0, 0.05) is 19.3 Å². The molecule has 0 aliphatic rings. The first kappa shape index (κ1) is 12.2. The highest BCUT2D eigenvalue weighted by atomic mass is 16.5. The smallest absolute Gasteiger partial charge is 0.273 e. The number of amides is 1. The van der Waals surface area contributed by atoms with E-state index in [-0.39, 0.29) is 11.6 Å². The molecule has 6 heteroatoms. The van der Waals surface area contributed by atoms with Crippen LogP contribution in [0.15, 0.2) is 47.3 Å². The van der Waals surface area contributed by atoms with Crippen molar-refractivity contribution >= 4 is 17.0 Å². The number of aromatic nitrogens is 2. The number of oxazole rings is 1. The zero-order chi connectivity index (χ0) is 13.9. The van der Waals surface area contributed by atoms with Crippen LogP contribution in [0.3, 0.4) is 0 Å². The molecule has 20 heavy (non-hydrogen) atoms. The standard InChI is InChI=1S/C14H11N3O3/c1-15-14(18)13-11(3-2-6-16-13)20-9-4-5-10-12(7-9)19-8-17-10/h2-8H,1H3,(H,15,18). The SMILES string of the molecule is CNC(=O)c1ncccc1Oc1ccc2ncoc2c1. The summed E-state index contributed by atoms with van der Waals surface area (Å²) in [4.78, 5) is 19.8. The number of ether oxygens (including phenoxy) is 1. The minimum atomic E-state index is -0.304. The predicted molar refractivity (Wildman–Crippen MR) is 71.7 cm³/mol. The van der Waals surface area contributed by atoms with Crippen LogP contribution in [0.5, 0.6) is 11.5 Å². The molecular formula is C14H11N3O3. The minimum absolute atomic E-state index is 0.229. The molecule has 2 heterocycles. The van der Waals surface area contributed by atoms with E-state index in [0.717, 1.165) is 5.52 Å². The monoisotopic (exact) mass is 269 g/mol. The summed E-state index contributed by atoms with van der Waals surface area (Å²) in [6.07, 6.45) is 2.91. The van der Waals surface area contributed by atoms with Crippen LogP contribution in [0.4, 0.5) is 0 Å². The number of benzene rings is 1. The van der Waals surface area contributed by atoms with Crippen molar-refractivity contribution in [3.8, 4) is 11.5 Å². The maximum atomic E-state index is 11.7. The molecule has 0 fully saturated rings. The fourth-order valence-electron chi connectivity index (χ4n) is 1.79. The largest absolute Gasteiger partial charge is 0.455 e. The maximum absolute atomic E-state index is 11.7. The van der Waals surface area contributed by atoms with Gasteiger partial charge in [-0.2, -0.15) is 0 Å². The van der Waals surface area contributed by atoms with Crippen molar-refractivity contribution in [2.24, 2.45) is 0 Å². The summed E-state index contributed by atoms with van der Waals surface area (Å²) in [5.41, 5.74) is 1.59. The van der Waals surface area contributed by atoms with Crippen LogP contribution in [0.25, 0.3) is 11.1 Å². The molecule has 1 amide bonds. The third-order valence-corrected chi connectivity index (χ3v) is 2.74. The quantitative estimate of drug-likeness (QED) is 0.789. The van der Waals surface area contributed by atoms with Gasteiger partial charge in [0.2, 0.25) is 0 Å². The lowest BCUT2D eigenvalue weighted by atomic mass is 10.3. The van der Waals surface area contributed by atoms with Crippen LogP contribution in [0.1, 0.15) is 10.5 Å². The maximum Gasteiger partial charge on any atom is 0.273 e. The lowest BCUT2D eigenvalue weighted by Crippen LogP contribution is -2.19. The molecule has 6 nitrogen and oxygen atoms in total. The molecule has 0 saturated heterocycles. The second-order valence-corrected chi connectivity index (χ2v) is 4.01. The average Bonchev–Trinajstić information content (AvgIpc) is 2.94. The molecule has 2 aromatic heterocycles. The Morgan fingerprint density at radius 2 is 2.20 bits per heavy atom. The fraction of sp³-hybridized carbons (Fsp3) is 0.0714. The van der Waals surface area contributed by atoms with Gasteiger partial charge in [-0.3, -0.25) is 4.79 Å². The molecular weight excluding hydrogens is 258 g/mol. The van der Waals surface area contributed by atoms with Crippen molar-refractivity contribution in [3.05, 3.63) is 48.6 Å². The zero-order valence-corrected chi connectivity index (χ0v) is 10.7. The van der Waals surface area contributed by atoms with Crippen molar-refractivity contribution in [2.75, 3.05) is 7.05 Å². The van der Waals surface area contributed by atoms with Crippen molar-refractivity contribution < 1.29 is 13.9 Å². The van der Waals surface area contributed by atoms with E-state index in [1.54, 1.807) is 37.4 Å². The lowest BCUT2D eigenvalue weighted by Gasteiger charge is -2.08. The summed E-state index contributed by atoms with van der Waals surface area (Å²) in [5.74, 6) is 0.625. The zero-order valence-electron chi connectivity index (χ0n) is 10.7. The summed E-state index contributed by atoms with van der Waals surface area (Å²) < 4.78 is 10.9. The molecule has 0 spiro atoms. The molecule has 100 valence electrons. The van der Waals surface area contributed by atoms with Gasteiger partial charge in [-0.1, -0.05) is 0 Å². The highest BCUT2D eigenvalue weighted by Gasteiger charge is 2.13. The Morgan fingerprint density at radius 3 is 3.05 bits per heavy atom. The van der Waals surface area contributed by atoms with E-state index < -0.39 is 0 Å². The predicted octanol–water partition coefficient (Wildman–Crippen LogP) is 2.37. The van der Waals surface area contributed by atoms with Crippen LogP contribution in [0.2, 0.25) is 0 Å². The van der Waals surface area contributed by atoms with Crippen LogP contribution < -0.4 is 10.1 Å². The minimum Gasteiger partial charge on any atom is -0.455 e.